The summed E-state index contributed by atoms with van der Waals surface area (Å²) in [7, 11) is 4.06. The Balaban J connectivity index is 1.03. The number of para-hydroxylation sites is 1. The molecule has 7 rings (SSSR count). The lowest BCUT2D eigenvalue weighted by Crippen LogP contribution is -2.57. The molecular formula is C49H65N7O6S. The summed E-state index contributed by atoms with van der Waals surface area (Å²) < 4.78 is 19.5. The van der Waals surface area contributed by atoms with Gasteiger partial charge < -0.3 is 34.9 Å². The number of carbonyl (C=O) groups excluding carboxylic acids is 1. The predicted molar refractivity (Wildman–Crippen MR) is 252 cm³/mol. The second kappa shape index (κ2) is 19.2. The molecule has 63 heavy (non-hydrogen) atoms. The van der Waals surface area contributed by atoms with Crippen LogP contribution >= 0.6 is 11.3 Å². The van der Waals surface area contributed by atoms with E-state index in [2.05, 4.69) is 42.9 Å². The largest absolute Gasteiger partial charge is 0.476 e. The summed E-state index contributed by atoms with van der Waals surface area (Å²) in [6, 6.07) is 17.2. The monoisotopic (exact) mass is 879 g/mol. The van der Waals surface area contributed by atoms with Crippen molar-refractivity contribution in [2.24, 2.45) is 27.0 Å². The van der Waals surface area contributed by atoms with Gasteiger partial charge in [0.15, 0.2) is 10.8 Å². The van der Waals surface area contributed by atoms with Gasteiger partial charge in [-0.3, -0.25) is 15.1 Å². The number of likely N-dealkylation sites (N-methyl/N-ethyl adjacent to an activating group) is 1. The van der Waals surface area contributed by atoms with E-state index in [4.69, 9.17) is 29.9 Å². The van der Waals surface area contributed by atoms with Gasteiger partial charge in [-0.2, -0.15) is 0 Å². The number of hydrogen-bond donors (Lipinski definition) is 3. The van der Waals surface area contributed by atoms with Gasteiger partial charge in [-0.1, -0.05) is 63.3 Å². The van der Waals surface area contributed by atoms with Gasteiger partial charge in [-0.15, -0.1) is 0 Å². The summed E-state index contributed by atoms with van der Waals surface area (Å²) >= 11 is 1.43. The molecule has 1 amide bonds. The van der Waals surface area contributed by atoms with Gasteiger partial charge in [0.2, 0.25) is 0 Å². The number of nitrogens with two attached hydrogens (primary N) is 1. The number of nitrogens with zero attached hydrogens (tertiary/aromatic N) is 5. The normalized spacial score (nSPS) is 23.5. The minimum absolute atomic E-state index is 0.0814. The average Bonchev–Trinajstić information content (AvgIpc) is 3.63. The van der Waals surface area contributed by atoms with Crippen LogP contribution in [0.4, 0.5) is 10.9 Å². The Hall–Kier alpha value is -4.73. The fraction of sp³-hybridized carbons (Fsp3) is 0.531. The van der Waals surface area contributed by atoms with Crippen LogP contribution in [0.1, 0.15) is 104 Å². The lowest BCUT2D eigenvalue weighted by Gasteiger charge is -2.61. The molecule has 0 spiro atoms. The molecule has 1 aliphatic heterocycles. The Morgan fingerprint density at radius 3 is 2.43 bits per heavy atom. The molecule has 4 aromatic rings. The maximum Gasteiger partial charge on any atom is 0.355 e. The molecule has 338 valence electrons. The number of fused-ring (bicyclic) bond motifs is 4. The molecule has 2 aliphatic carbocycles. The third kappa shape index (κ3) is 11.1. The third-order valence-corrected chi connectivity index (χ3v) is 13.7. The van der Waals surface area contributed by atoms with Crippen molar-refractivity contribution in [1.82, 2.24) is 14.9 Å². The highest BCUT2D eigenvalue weighted by Crippen LogP contribution is 2.63. The van der Waals surface area contributed by atoms with Crippen LogP contribution in [0.15, 0.2) is 65.8 Å². The second-order valence-electron chi connectivity index (χ2n) is 19.6. The number of aromatic nitrogens is 2. The van der Waals surface area contributed by atoms with Crippen LogP contribution in [-0.2, 0) is 27.2 Å². The Morgan fingerprint density at radius 1 is 0.921 bits per heavy atom. The van der Waals surface area contributed by atoms with E-state index in [1.165, 1.54) is 17.5 Å². The van der Waals surface area contributed by atoms with E-state index in [1.54, 1.807) is 6.07 Å². The quantitative estimate of drug-likeness (QED) is 0.0650. The van der Waals surface area contributed by atoms with Crippen molar-refractivity contribution in [3.63, 3.8) is 0 Å². The number of carboxylic acids is 1. The van der Waals surface area contributed by atoms with Crippen LogP contribution in [0.2, 0.25) is 0 Å². The number of nitrogens with one attached hydrogen (secondary N) is 1. The minimum Gasteiger partial charge on any atom is -0.476 e. The number of rotatable bonds is 18. The standard InChI is InChI=1S/C49H65N7O6S/c1-33(51-32-48(5)29-47(4)27-46(2,3)28-49(30-47,31-48)62-24-23-61-22-21-60-20-19-55(6)7)37(25-50)35-15-16-41(53-42(35)44(58)59)56-18-17-34-11-10-12-36(38(34)26-56)43(57)54-45-52-39-13-8-9-14-40(39)63-45/h8-16,25H,17-24,26-32,50H2,1-7H3,(H,58,59)(H,52,54,57). The fourth-order valence-corrected chi connectivity index (χ4v) is 12.0. The van der Waals surface area contributed by atoms with E-state index in [-0.39, 0.29) is 33.4 Å². The van der Waals surface area contributed by atoms with Gasteiger partial charge >= 0.3 is 5.97 Å². The summed E-state index contributed by atoms with van der Waals surface area (Å²) in [5.74, 6) is -0.885. The molecule has 14 heteroatoms. The van der Waals surface area contributed by atoms with Crippen molar-refractivity contribution >= 4 is 55.7 Å². The zero-order valence-electron chi connectivity index (χ0n) is 38.1. The molecule has 2 aromatic carbocycles. The number of carboxylic acid groups (broad SMARTS) is 1. The van der Waals surface area contributed by atoms with Gasteiger partial charge in [0, 0.05) is 54.8 Å². The first kappa shape index (κ1) is 46.3. The van der Waals surface area contributed by atoms with E-state index in [0.29, 0.717) is 92.5 Å². The number of hydrogen-bond acceptors (Lipinski definition) is 12. The third-order valence-electron chi connectivity index (χ3n) is 12.7. The van der Waals surface area contributed by atoms with E-state index >= 15 is 0 Å². The smallest absolute Gasteiger partial charge is 0.355 e. The zero-order valence-corrected chi connectivity index (χ0v) is 38.9. The summed E-state index contributed by atoms with van der Waals surface area (Å²) in [6.07, 6.45) is 7.07. The van der Waals surface area contributed by atoms with Crippen LogP contribution < -0.4 is 16.0 Å². The van der Waals surface area contributed by atoms with E-state index in [9.17, 15) is 14.7 Å². The Morgan fingerprint density at radius 2 is 1.68 bits per heavy atom. The first-order chi connectivity index (χ1) is 30.0. The van der Waals surface area contributed by atoms with Crippen molar-refractivity contribution in [3.05, 3.63) is 88.7 Å². The topological polar surface area (TPSA) is 165 Å². The highest BCUT2D eigenvalue weighted by molar-refractivity contribution is 7.22. The Kier molecular flexibility index (Phi) is 14.1. The zero-order chi connectivity index (χ0) is 45.0. The highest BCUT2D eigenvalue weighted by atomic mass is 32.1. The lowest BCUT2D eigenvalue weighted by atomic mass is 9.48. The van der Waals surface area contributed by atoms with Crippen molar-refractivity contribution < 1.29 is 28.9 Å². The molecule has 2 bridgehead atoms. The number of anilines is 2. The predicted octanol–water partition coefficient (Wildman–Crippen LogP) is 8.33. The molecule has 2 saturated carbocycles. The van der Waals surface area contributed by atoms with Crippen LogP contribution in [-0.4, -0.2) is 110 Å². The highest BCUT2D eigenvalue weighted by Gasteiger charge is 2.58. The lowest BCUT2D eigenvalue weighted by molar-refractivity contribution is -0.194. The average molecular weight is 880 g/mol. The first-order valence-corrected chi connectivity index (χ1v) is 23.0. The summed E-state index contributed by atoms with van der Waals surface area (Å²) in [5.41, 5.74) is 10.9. The maximum atomic E-state index is 13.7. The molecule has 3 atom stereocenters. The van der Waals surface area contributed by atoms with Gasteiger partial charge in [0.1, 0.15) is 5.82 Å². The number of benzene rings is 2. The Bertz CT molecular complexity index is 2320. The molecule has 13 nitrogen and oxygen atoms in total. The molecule has 0 radical (unpaired) electrons. The molecule has 3 heterocycles. The molecule has 0 saturated heterocycles. The van der Waals surface area contributed by atoms with Gasteiger partial charge in [0.05, 0.1) is 48.9 Å². The van der Waals surface area contributed by atoms with Gasteiger partial charge in [-0.05, 0) is 117 Å². The number of thiazole rings is 1. The molecule has 3 unspecified atom stereocenters. The van der Waals surface area contributed by atoms with Crippen LogP contribution in [0.3, 0.4) is 0 Å². The molecular weight excluding hydrogens is 815 g/mol. The minimum atomic E-state index is -1.16. The van der Waals surface area contributed by atoms with E-state index in [1.807, 2.05) is 74.4 Å². The second-order valence-corrected chi connectivity index (χ2v) is 20.7. The first-order valence-electron chi connectivity index (χ1n) is 22.1. The van der Waals surface area contributed by atoms with E-state index < -0.39 is 5.97 Å². The van der Waals surface area contributed by atoms with Crippen molar-refractivity contribution in [1.29, 1.82) is 0 Å². The number of ether oxygens (including phenoxy) is 3. The number of allylic oxidation sites excluding steroid dienone is 1. The summed E-state index contributed by atoms with van der Waals surface area (Å²) in [4.78, 5) is 45.1. The number of carbonyl (C=O) groups is 2. The van der Waals surface area contributed by atoms with Gasteiger partial charge in [-0.25, -0.2) is 14.8 Å². The Labute approximate surface area is 376 Å². The summed E-state index contributed by atoms with van der Waals surface area (Å²) in [5, 5.41) is 14.1. The molecule has 4 N–H and O–H groups in total. The van der Waals surface area contributed by atoms with Crippen molar-refractivity contribution in [2.75, 3.05) is 77.0 Å². The van der Waals surface area contributed by atoms with Crippen molar-refractivity contribution in [3.8, 4) is 0 Å². The number of aromatic carboxylic acids is 1. The maximum absolute atomic E-state index is 13.7. The van der Waals surface area contributed by atoms with Gasteiger partial charge in [0.25, 0.3) is 5.91 Å². The van der Waals surface area contributed by atoms with Crippen LogP contribution in [0, 0.1) is 16.2 Å². The number of aliphatic imine (C=N–C) groups is 1. The number of amides is 1. The SMILES string of the molecule is CC(=NCC1(C)CC2(C)CC(C)(C)CC(OCCOCCOCCN(C)C)(C1)C2)C(=CN)c1ccc(N2CCc3cccc(C(=O)Nc4nc5ccccc5s4)c3C2)nc1C(=O)O. The van der Waals surface area contributed by atoms with E-state index in [0.717, 1.165) is 60.0 Å². The molecule has 3 aliphatic rings. The van der Waals surface area contributed by atoms with Crippen LogP contribution in [0.5, 0.6) is 0 Å². The molecule has 2 aromatic heterocycles. The van der Waals surface area contributed by atoms with Crippen LogP contribution in [0.25, 0.3) is 15.8 Å². The molecule has 2 fully saturated rings. The summed E-state index contributed by atoms with van der Waals surface area (Å²) in [6.45, 7) is 16.6. The van der Waals surface area contributed by atoms with Crippen molar-refractivity contribution in [2.45, 2.75) is 85.3 Å². The fourth-order valence-electron chi connectivity index (χ4n) is 11.1. The number of pyridine rings is 1.